The molecule has 2 aromatic heterocycles. The average Bonchev–Trinajstić information content (AvgIpc) is 2.28. The van der Waals surface area contributed by atoms with E-state index in [0.717, 1.165) is 0 Å². The number of pyridine rings is 1. The van der Waals surface area contributed by atoms with E-state index < -0.39 is 0 Å². The van der Waals surface area contributed by atoms with Gasteiger partial charge < -0.3 is 10.5 Å². The van der Waals surface area contributed by atoms with Crippen LogP contribution in [0, 0.1) is 6.92 Å². The molecule has 0 aliphatic carbocycles. The summed E-state index contributed by atoms with van der Waals surface area (Å²) in [7, 11) is 0. The van der Waals surface area contributed by atoms with Crippen LogP contribution in [0.5, 0.6) is 11.8 Å². The molecule has 2 rings (SSSR count). The van der Waals surface area contributed by atoms with Gasteiger partial charge in [-0.05, 0) is 13.0 Å². The number of nitrogens with zero attached hydrogens (tertiary/aromatic N) is 3. The number of rotatable bonds is 3. The zero-order valence-electron chi connectivity index (χ0n) is 9.42. The van der Waals surface area contributed by atoms with Gasteiger partial charge in [0.05, 0.1) is 11.2 Å². The van der Waals surface area contributed by atoms with Crippen LogP contribution in [0.3, 0.4) is 0 Å². The van der Waals surface area contributed by atoms with Gasteiger partial charge in [0.1, 0.15) is 10.7 Å². The van der Waals surface area contributed by atoms with Gasteiger partial charge in [0, 0.05) is 18.0 Å². The number of halogens is 1. The van der Waals surface area contributed by atoms with Gasteiger partial charge in [0.15, 0.2) is 5.75 Å². The summed E-state index contributed by atoms with van der Waals surface area (Å²) in [6.07, 6.45) is 3.02. The van der Waals surface area contributed by atoms with E-state index in [4.69, 9.17) is 34.3 Å². The molecule has 2 N–H and O–H groups in total. The van der Waals surface area contributed by atoms with Gasteiger partial charge in [-0.15, -0.1) is 0 Å². The highest BCUT2D eigenvalue weighted by Gasteiger charge is 2.07. The van der Waals surface area contributed by atoms with Crippen molar-refractivity contribution in [3.05, 3.63) is 40.9 Å². The lowest BCUT2D eigenvalue weighted by atomic mass is 10.3. The van der Waals surface area contributed by atoms with Crippen molar-refractivity contribution in [3.8, 4) is 11.8 Å². The third kappa shape index (κ3) is 3.12. The van der Waals surface area contributed by atoms with Crippen molar-refractivity contribution in [3.63, 3.8) is 0 Å². The number of aryl methyl sites for hydroxylation is 1. The molecule has 7 heteroatoms. The van der Waals surface area contributed by atoms with E-state index in [1.807, 2.05) is 0 Å². The number of ether oxygens (including phenoxy) is 1. The fraction of sp³-hybridized carbons (Fsp3) is 0.0909. The van der Waals surface area contributed by atoms with Crippen LogP contribution in [0.25, 0.3) is 0 Å². The second-order valence-corrected chi connectivity index (χ2v) is 4.36. The lowest BCUT2D eigenvalue weighted by Gasteiger charge is -2.06. The Morgan fingerprint density at radius 3 is 2.78 bits per heavy atom. The van der Waals surface area contributed by atoms with Gasteiger partial charge >= 0.3 is 6.01 Å². The molecule has 2 heterocycles. The van der Waals surface area contributed by atoms with Crippen LogP contribution in [0.1, 0.15) is 11.4 Å². The lowest BCUT2D eigenvalue weighted by Crippen LogP contribution is -2.13. The van der Waals surface area contributed by atoms with Crippen LogP contribution in [0.4, 0.5) is 0 Å². The molecule has 0 saturated carbocycles. The molecule has 0 spiro atoms. The molecule has 0 radical (unpaired) electrons. The Bertz CT molecular complexity index is 605. The first-order valence-corrected chi connectivity index (χ1v) is 5.77. The van der Waals surface area contributed by atoms with E-state index in [2.05, 4.69) is 15.0 Å². The monoisotopic (exact) mass is 280 g/mol. The summed E-state index contributed by atoms with van der Waals surface area (Å²) in [4.78, 5) is 12.3. The maximum absolute atomic E-state index is 5.80. The van der Waals surface area contributed by atoms with Crippen LogP contribution < -0.4 is 10.5 Å². The molecule has 0 aliphatic rings. The highest BCUT2D eigenvalue weighted by Crippen LogP contribution is 2.20. The molecule has 18 heavy (non-hydrogen) atoms. The summed E-state index contributed by atoms with van der Waals surface area (Å²) < 4.78 is 5.45. The van der Waals surface area contributed by atoms with Crippen molar-refractivity contribution in [2.24, 2.45) is 5.73 Å². The smallest absolute Gasteiger partial charge is 0.322 e. The van der Waals surface area contributed by atoms with Crippen LogP contribution in [-0.2, 0) is 0 Å². The molecule has 0 fully saturated rings. The molecule has 0 aliphatic heterocycles. The van der Waals surface area contributed by atoms with E-state index in [9.17, 15) is 0 Å². The van der Waals surface area contributed by atoms with Crippen molar-refractivity contribution < 1.29 is 4.74 Å². The molecule has 0 bridgehead atoms. The van der Waals surface area contributed by atoms with Gasteiger partial charge in [-0.25, -0.2) is 4.98 Å². The first-order valence-electron chi connectivity index (χ1n) is 4.98. The molecular formula is C11H9ClN4OS. The Labute approximate surface area is 114 Å². The SMILES string of the molecule is Cc1cc(C(N)=S)nc(Oc2cncc(Cl)c2)n1. The van der Waals surface area contributed by atoms with Crippen LogP contribution in [-0.4, -0.2) is 19.9 Å². The Morgan fingerprint density at radius 1 is 1.33 bits per heavy atom. The predicted octanol–water partition coefficient (Wildman–Crippen LogP) is 2.26. The molecule has 92 valence electrons. The third-order valence-electron chi connectivity index (χ3n) is 1.98. The molecule has 0 atom stereocenters. The van der Waals surface area contributed by atoms with Gasteiger partial charge in [0.2, 0.25) is 0 Å². The molecule has 0 saturated heterocycles. The molecule has 0 amide bonds. The van der Waals surface area contributed by atoms with E-state index in [1.54, 1.807) is 19.1 Å². The zero-order valence-corrected chi connectivity index (χ0v) is 11.0. The van der Waals surface area contributed by atoms with Crippen molar-refractivity contribution in [2.75, 3.05) is 0 Å². The summed E-state index contributed by atoms with van der Waals surface area (Å²) in [5.41, 5.74) is 6.69. The average molecular weight is 281 g/mol. The predicted molar refractivity (Wildman–Crippen MR) is 72.0 cm³/mol. The van der Waals surface area contributed by atoms with Gasteiger partial charge in [0.25, 0.3) is 0 Å². The Balaban J connectivity index is 2.31. The first-order chi connectivity index (χ1) is 8.54. The van der Waals surface area contributed by atoms with Crippen molar-refractivity contribution in [1.29, 1.82) is 0 Å². The lowest BCUT2D eigenvalue weighted by molar-refractivity contribution is 0.438. The van der Waals surface area contributed by atoms with Gasteiger partial charge in [-0.1, -0.05) is 23.8 Å². The summed E-state index contributed by atoms with van der Waals surface area (Å²) in [6.45, 7) is 1.80. The van der Waals surface area contributed by atoms with E-state index in [1.165, 1.54) is 12.4 Å². The Hall–Kier alpha value is -1.79. The standard InChI is InChI=1S/C11H9ClN4OS/c1-6-2-9(10(13)18)16-11(15-6)17-8-3-7(12)4-14-5-8/h2-5H,1H3,(H2,13,18). The zero-order chi connectivity index (χ0) is 13.1. The Morgan fingerprint density at radius 2 is 2.11 bits per heavy atom. The number of hydrogen-bond donors (Lipinski definition) is 1. The summed E-state index contributed by atoms with van der Waals surface area (Å²) in [5.74, 6) is 0.446. The maximum Gasteiger partial charge on any atom is 0.322 e. The fourth-order valence-electron chi connectivity index (χ4n) is 1.27. The second kappa shape index (κ2) is 5.24. The van der Waals surface area contributed by atoms with Crippen molar-refractivity contribution in [1.82, 2.24) is 15.0 Å². The van der Waals surface area contributed by atoms with E-state index in [0.29, 0.717) is 22.2 Å². The number of hydrogen-bond acceptors (Lipinski definition) is 5. The molecule has 2 aromatic rings. The normalized spacial score (nSPS) is 10.1. The highest BCUT2D eigenvalue weighted by atomic mass is 35.5. The maximum atomic E-state index is 5.80. The second-order valence-electron chi connectivity index (χ2n) is 3.48. The topological polar surface area (TPSA) is 73.9 Å². The first kappa shape index (κ1) is 12.7. The summed E-state index contributed by atoms with van der Waals surface area (Å²) in [5, 5.41) is 0.467. The van der Waals surface area contributed by atoms with Crippen LogP contribution in [0.2, 0.25) is 5.02 Å². The Kier molecular flexibility index (Phi) is 3.69. The quantitative estimate of drug-likeness (QED) is 0.870. The minimum Gasteiger partial charge on any atom is -0.423 e. The molecule has 0 aromatic carbocycles. The molecule has 0 unspecified atom stereocenters. The minimum atomic E-state index is 0.155. The summed E-state index contributed by atoms with van der Waals surface area (Å²) >= 11 is 10.7. The highest BCUT2D eigenvalue weighted by molar-refractivity contribution is 7.80. The fourth-order valence-corrected chi connectivity index (χ4v) is 1.54. The minimum absolute atomic E-state index is 0.155. The van der Waals surface area contributed by atoms with Crippen LogP contribution >= 0.6 is 23.8 Å². The van der Waals surface area contributed by atoms with Crippen molar-refractivity contribution in [2.45, 2.75) is 6.92 Å². The number of thiocarbonyl (C=S) groups is 1. The third-order valence-corrected chi connectivity index (χ3v) is 2.39. The van der Waals surface area contributed by atoms with Crippen LogP contribution in [0.15, 0.2) is 24.5 Å². The largest absolute Gasteiger partial charge is 0.423 e. The molecular weight excluding hydrogens is 272 g/mol. The van der Waals surface area contributed by atoms with Crippen molar-refractivity contribution >= 4 is 28.8 Å². The van der Waals surface area contributed by atoms with Gasteiger partial charge in [-0.2, -0.15) is 4.98 Å². The number of aromatic nitrogens is 3. The van der Waals surface area contributed by atoms with Gasteiger partial charge in [-0.3, -0.25) is 4.98 Å². The van der Waals surface area contributed by atoms with E-state index >= 15 is 0 Å². The summed E-state index contributed by atoms with van der Waals surface area (Å²) in [6, 6.07) is 3.45. The van der Waals surface area contributed by atoms with E-state index in [-0.39, 0.29) is 11.0 Å². The molecule has 5 nitrogen and oxygen atoms in total. The number of nitrogens with two attached hydrogens (primary N) is 1.